The molecule has 4 atom stereocenters. The van der Waals surface area contributed by atoms with Crippen molar-refractivity contribution in [3.05, 3.63) is 58.5 Å². The molecule has 0 aliphatic heterocycles. The number of ketones is 2. The number of rotatable bonds is 4. The first-order chi connectivity index (χ1) is 18.3. The van der Waals surface area contributed by atoms with E-state index in [9.17, 15) is 34.8 Å². The summed E-state index contributed by atoms with van der Waals surface area (Å²) in [6.07, 6.45) is 1.80. The SMILES string of the molecule is CN(C)c1cc(-c2ccccn2)c(O)c2c1CC1CC3C(N(C)C)C(=O)C(C(N)=O)=C(O)C3(O)C(=O)C1=C2O. The van der Waals surface area contributed by atoms with Gasteiger partial charge in [-0.05, 0) is 56.6 Å². The highest BCUT2D eigenvalue weighted by Crippen LogP contribution is 2.54. The van der Waals surface area contributed by atoms with Gasteiger partial charge >= 0.3 is 0 Å². The number of primary amides is 1. The van der Waals surface area contributed by atoms with Gasteiger partial charge in [0.1, 0.15) is 22.8 Å². The van der Waals surface area contributed by atoms with Gasteiger partial charge in [0, 0.05) is 43.0 Å². The molecule has 3 aliphatic carbocycles. The average Bonchev–Trinajstić information content (AvgIpc) is 2.86. The molecule has 0 radical (unpaired) electrons. The molecule has 11 nitrogen and oxygen atoms in total. The third-order valence-corrected chi connectivity index (χ3v) is 8.12. The van der Waals surface area contributed by atoms with Crippen LogP contribution in [0.4, 0.5) is 5.69 Å². The number of aromatic hydroxyl groups is 1. The number of carbonyl (C=O) groups excluding carboxylic acids is 3. The van der Waals surface area contributed by atoms with E-state index in [4.69, 9.17) is 5.73 Å². The molecule has 11 heteroatoms. The summed E-state index contributed by atoms with van der Waals surface area (Å²) in [6, 6.07) is 5.81. The fourth-order valence-electron chi connectivity index (χ4n) is 6.41. The molecule has 0 saturated heterocycles. The number of likely N-dealkylation sites (N-methyl/N-ethyl adjacent to an activating group) is 1. The zero-order chi connectivity index (χ0) is 28.5. The van der Waals surface area contributed by atoms with Crippen LogP contribution >= 0.6 is 0 Å². The van der Waals surface area contributed by atoms with Gasteiger partial charge in [0.25, 0.3) is 5.91 Å². The number of aliphatic hydroxyl groups excluding tert-OH is 2. The lowest BCUT2D eigenvalue weighted by atomic mass is 9.57. The lowest BCUT2D eigenvalue weighted by molar-refractivity contribution is -0.153. The highest BCUT2D eigenvalue weighted by atomic mass is 16.3. The van der Waals surface area contributed by atoms with Crippen LogP contribution in [0.5, 0.6) is 5.75 Å². The fourth-order valence-corrected chi connectivity index (χ4v) is 6.41. The number of benzene rings is 1. The standard InChI is InChI=1S/C28H30N4O7/c1-31(2)17-11-13(16-7-5-6-8-30-16)22(33)19-14(17)9-12-10-15-21(32(3)4)24(35)20(27(29)38)26(37)28(15,39)25(36)18(12)23(19)34/h5-8,11-12,15,21,33-34,37,39H,9-10H2,1-4H3,(H2,29,38). The summed E-state index contributed by atoms with van der Waals surface area (Å²) in [5.41, 5.74) is 3.73. The van der Waals surface area contributed by atoms with E-state index in [1.54, 1.807) is 44.6 Å². The van der Waals surface area contributed by atoms with Crippen LogP contribution in [0.15, 0.2) is 47.4 Å². The van der Waals surface area contributed by atoms with Gasteiger partial charge in [0.05, 0.1) is 17.3 Å². The Bertz CT molecular complexity index is 1490. The maximum Gasteiger partial charge on any atom is 0.255 e. The lowest BCUT2D eigenvalue weighted by Crippen LogP contribution is -2.65. The number of phenolic OH excluding ortho intramolecular Hbond substituents is 1. The number of hydrogen-bond acceptors (Lipinski definition) is 10. The molecule has 1 saturated carbocycles. The quantitative estimate of drug-likeness (QED) is 0.357. The Morgan fingerprint density at radius 1 is 1.13 bits per heavy atom. The van der Waals surface area contributed by atoms with Crippen LogP contribution in [0.3, 0.4) is 0 Å². The van der Waals surface area contributed by atoms with Crippen molar-refractivity contribution in [3.63, 3.8) is 0 Å². The molecular formula is C28H30N4O7. The van der Waals surface area contributed by atoms with Crippen molar-refractivity contribution in [2.75, 3.05) is 33.1 Å². The first kappa shape index (κ1) is 26.4. The van der Waals surface area contributed by atoms with Crippen LogP contribution in [0, 0.1) is 11.8 Å². The Morgan fingerprint density at radius 3 is 2.38 bits per heavy atom. The number of nitrogens with zero attached hydrogens (tertiary/aromatic N) is 3. The monoisotopic (exact) mass is 534 g/mol. The predicted molar refractivity (Wildman–Crippen MR) is 142 cm³/mol. The van der Waals surface area contributed by atoms with Crippen molar-refractivity contribution >= 4 is 28.9 Å². The number of aromatic nitrogens is 1. The molecule has 1 heterocycles. The van der Waals surface area contributed by atoms with Gasteiger partial charge in [-0.2, -0.15) is 0 Å². The Balaban J connectivity index is 1.78. The molecule has 2 aromatic rings. The minimum atomic E-state index is -2.68. The number of nitrogens with two attached hydrogens (primary N) is 1. The molecule has 1 aromatic carbocycles. The van der Waals surface area contributed by atoms with E-state index < -0.39 is 58.0 Å². The van der Waals surface area contributed by atoms with E-state index in [2.05, 4.69) is 4.98 Å². The second-order valence-electron chi connectivity index (χ2n) is 10.7. The zero-order valence-electron chi connectivity index (χ0n) is 22.0. The van der Waals surface area contributed by atoms with Crippen LogP contribution in [-0.4, -0.2) is 87.6 Å². The molecule has 3 aliphatic rings. The van der Waals surface area contributed by atoms with Gasteiger partial charge in [-0.25, -0.2) is 0 Å². The number of aliphatic hydroxyl groups is 3. The van der Waals surface area contributed by atoms with Gasteiger partial charge in [0.15, 0.2) is 11.4 Å². The van der Waals surface area contributed by atoms with E-state index in [1.165, 1.54) is 4.90 Å². The minimum Gasteiger partial charge on any atom is -0.508 e. The predicted octanol–water partition coefficient (Wildman–Crippen LogP) is 1.09. The van der Waals surface area contributed by atoms with E-state index in [-0.39, 0.29) is 29.7 Å². The van der Waals surface area contributed by atoms with Gasteiger partial charge in [-0.15, -0.1) is 0 Å². The van der Waals surface area contributed by atoms with E-state index in [0.717, 1.165) is 0 Å². The molecule has 39 heavy (non-hydrogen) atoms. The highest BCUT2D eigenvalue weighted by molar-refractivity contribution is 6.24. The topological polar surface area (TPSA) is 178 Å². The Morgan fingerprint density at radius 2 is 1.82 bits per heavy atom. The second-order valence-corrected chi connectivity index (χ2v) is 10.7. The number of amides is 1. The fraction of sp³-hybridized carbons (Fsp3) is 0.357. The number of anilines is 1. The van der Waals surface area contributed by atoms with Gasteiger partial charge < -0.3 is 31.1 Å². The molecule has 6 N–H and O–H groups in total. The Labute approximate surface area is 224 Å². The highest BCUT2D eigenvalue weighted by Gasteiger charge is 2.64. The molecule has 1 aromatic heterocycles. The summed E-state index contributed by atoms with van der Waals surface area (Å²) in [6.45, 7) is 0. The van der Waals surface area contributed by atoms with Crippen LogP contribution in [-0.2, 0) is 20.8 Å². The van der Waals surface area contributed by atoms with Crippen LogP contribution in [0.1, 0.15) is 17.5 Å². The second kappa shape index (κ2) is 8.92. The van der Waals surface area contributed by atoms with E-state index in [0.29, 0.717) is 22.5 Å². The van der Waals surface area contributed by atoms with Gasteiger partial charge in [-0.1, -0.05) is 6.07 Å². The van der Waals surface area contributed by atoms with Crippen molar-refractivity contribution in [2.24, 2.45) is 17.6 Å². The summed E-state index contributed by atoms with van der Waals surface area (Å²) in [5.74, 6) is -6.81. The third-order valence-electron chi connectivity index (χ3n) is 8.12. The van der Waals surface area contributed by atoms with Crippen molar-refractivity contribution in [1.82, 2.24) is 9.88 Å². The van der Waals surface area contributed by atoms with Crippen LogP contribution in [0.25, 0.3) is 17.0 Å². The van der Waals surface area contributed by atoms with Gasteiger partial charge in [0.2, 0.25) is 5.78 Å². The molecule has 1 fully saturated rings. The molecular weight excluding hydrogens is 504 g/mol. The Kier molecular flexibility index (Phi) is 6.04. The number of phenols is 1. The number of pyridine rings is 1. The Hall–Kier alpha value is -4.22. The maximum atomic E-state index is 14.0. The number of fused-ring (bicyclic) bond motifs is 3. The van der Waals surface area contributed by atoms with E-state index in [1.807, 2.05) is 19.0 Å². The molecule has 0 spiro atoms. The summed E-state index contributed by atoms with van der Waals surface area (Å²) in [7, 11) is 6.75. The smallest absolute Gasteiger partial charge is 0.255 e. The zero-order valence-corrected chi connectivity index (χ0v) is 22.0. The lowest BCUT2D eigenvalue weighted by Gasteiger charge is -2.50. The average molecular weight is 535 g/mol. The largest absolute Gasteiger partial charge is 0.508 e. The summed E-state index contributed by atoms with van der Waals surface area (Å²) >= 11 is 0. The van der Waals surface area contributed by atoms with Crippen molar-refractivity contribution in [1.29, 1.82) is 0 Å². The minimum absolute atomic E-state index is 0.0261. The summed E-state index contributed by atoms with van der Waals surface area (Å²) in [5, 5.41) is 45.7. The van der Waals surface area contributed by atoms with Gasteiger partial charge in [-0.3, -0.25) is 24.3 Å². The van der Waals surface area contributed by atoms with E-state index >= 15 is 0 Å². The summed E-state index contributed by atoms with van der Waals surface area (Å²) in [4.78, 5) is 47.0. The first-order valence-corrected chi connectivity index (χ1v) is 12.4. The normalized spacial score (nSPS) is 26.4. The molecule has 5 rings (SSSR count). The van der Waals surface area contributed by atoms with Crippen LogP contribution in [0.2, 0.25) is 0 Å². The van der Waals surface area contributed by atoms with Crippen molar-refractivity contribution < 1.29 is 34.8 Å². The third kappa shape index (κ3) is 3.57. The molecule has 4 unspecified atom stereocenters. The molecule has 0 bridgehead atoms. The number of Topliss-reactive ketones (excluding diaryl/α,β-unsaturated/α-hetero) is 2. The first-order valence-electron chi connectivity index (χ1n) is 12.4. The maximum absolute atomic E-state index is 14.0. The number of carbonyl (C=O) groups is 3. The van der Waals surface area contributed by atoms with Crippen molar-refractivity contribution in [2.45, 2.75) is 24.5 Å². The van der Waals surface area contributed by atoms with Crippen LogP contribution < -0.4 is 10.6 Å². The summed E-state index contributed by atoms with van der Waals surface area (Å²) < 4.78 is 0. The van der Waals surface area contributed by atoms with Crippen molar-refractivity contribution in [3.8, 4) is 17.0 Å². The number of hydrogen-bond donors (Lipinski definition) is 5. The molecule has 1 amide bonds. The molecule has 204 valence electrons.